The summed E-state index contributed by atoms with van der Waals surface area (Å²) in [6, 6.07) is 7.29. The van der Waals surface area contributed by atoms with Crippen molar-refractivity contribution in [1.82, 2.24) is 9.78 Å². The van der Waals surface area contributed by atoms with Crippen LogP contribution in [0.15, 0.2) is 24.4 Å². The lowest BCUT2D eigenvalue weighted by atomic mass is 10.2. The Morgan fingerprint density at radius 2 is 2.24 bits per heavy atom. The number of aryl methyl sites for hydroxylation is 2. The van der Waals surface area contributed by atoms with Crippen LogP contribution in [-0.2, 0) is 7.05 Å². The predicted molar refractivity (Wildman–Crippen MR) is 66.8 cm³/mol. The maximum Gasteiger partial charge on any atom is 0.101 e. The van der Waals surface area contributed by atoms with Crippen LogP contribution >= 0.6 is 0 Å². The molecule has 1 heterocycles. The van der Waals surface area contributed by atoms with Gasteiger partial charge in [-0.3, -0.25) is 4.68 Å². The number of anilines is 3. The van der Waals surface area contributed by atoms with Gasteiger partial charge in [-0.05, 0) is 25.1 Å². The van der Waals surface area contributed by atoms with E-state index in [0.29, 0.717) is 11.3 Å². The zero-order chi connectivity index (χ0) is 12.4. The topological polar surface area (TPSA) is 79.7 Å². The lowest BCUT2D eigenvalue weighted by Gasteiger charge is -2.06. The summed E-state index contributed by atoms with van der Waals surface area (Å²) in [6.07, 6.45) is 1.89. The van der Waals surface area contributed by atoms with Gasteiger partial charge in [-0.25, -0.2) is 0 Å². The van der Waals surface area contributed by atoms with E-state index in [1.54, 1.807) is 16.8 Å². The van der Waals surface area contributed by atoms with Crippen molar-refractivity contribution in [3.63, 3.8) is 0 Å². The van der Waals surface area contributed by atoms with Gasteiger partial charge in [0.25, 0.3) is 0 Å². The number of hydrogen-bond donors (Lipinski definition) is 2. The molecule has 0 amide bonds. The highest BCUT2D eigenvalue weighted by Gasteiger charge is 2.04. The van der Waals surface area contributed by atoms with Crippen LogP contribution in [0.25, 0.3) is 0 Å². The molecule has 0 saturated heterocycles. The molecule has 5 nitrogen and oxygen atoms in total. The molecule has 0 spiro atoms. The first kappa shape index (κ1) is 11.0. The molecule has 1 aromatic heterocycles. The summed E-state index contributed by atoms with van der Waals surface area (Å²) in [5.74, 6) is 0. The molecule has 0 aliphatic carbocycles. The van der Waals surface area contributed by atoms with Crippen LogP contribution in [0.2, 0.25) is 0 Å². The Balaban J connectivity index is 2.28. The van der Waals surface area contributed by atoms with Gasteiger partial charge in [-0.15, -0.1) is 0 Å². The molecule has 0 atom stereocenters. The molecule has 86 valence electrons. The van der Waals surface area contributed by atoms with Crippen molar-refractivity contribution < 1.29 is 0 Å². The van der Waals surface area contributed by atoms with Crippen LogP contribution in [-0.4, -0.2) is 9.78 Å². The molecule has 0 aliphatic rings. The third kappa shape index (κ3) is 2.21. The van der Waals surface area contributed by atoms with E-state index in [2.05, 4.69) is 10.4 Å². The number of hydrogen-bond acceptors (Lipinski definition) is 4. The van der Waals surface area contributed by atoms with Gasteiger partial charge in [0.05, 0.1) is 22.6 Å². The summed E-state index contributed by atoms with van der Waals surface area (Å²) < 4.78 is 1.74. The van der Waals surface area contributed by atoms with Gasteiger partial charge in [0.1, 0.15) is 6.07 Å². The first-order chi connectivity index (χ1) is 8.10. The Morgan fingerprint density at radius 3 is 2.76 bits per heavy atom. The molecule has 5 heteroatoms. The second-order valence-corrected chi connectivity index (χ2v) is 3.84. The number of rotatable bonds is 2. The molecule has 0 aliphatic heterocycles. The van der Waals surface area contributed by atoms with Crippen molar-refractivity contribution in [2.75, 3.05) is 11.1 Å². The lowest BCUT2D eigenvalue weighted by molar-refractivity contribution is 0.756. The Kier molecular flexibility index (Phi) is 2.71. The van der Waals surface area contributed by atoms with Crippen molar-refractivity contribution in [2.24, 2.45) is 7.05 Å². The van der Waals surface area contributed by atoms with Crippen molar-refractivity contribution in [3.05, 3.63) is 35.7 Å². The fourth-order valence-corrected chi connectivity index (χ4v) is 1.62. The summed E-state index contributed by atoms with van der Waals surface area (Å²) in [6.45, 7) is 1.93. The molecule has 17 heavy (non-hydrogen) atoms. The number of nitrogen functional groups attached to an aromatic ring is 1. The maximum atomic E-state index is 8.78. The molecule has 3 N–H and O–H groups in total. The Labute approximate surface area is 99.5 Å². The molecule has 1 aromatic carbocycles. The van der Waals surface area contributed by atoms with E-state index in [1.807, 2.05) is 32.3 Å². The van der Waals surface area contributed by atoms with Crippen LogP contribution < -0.4 is 11.1 Å². The fourth-order valence-electron chi connectivity index (χ4n) is 1.62. The largest absolute Gasteiger partial charge is 0.398 e. The summed E-state index contributed by atoms with van der Waals surface area (Å²) in [5, 5.41) is 16.2. The van der Waals surface area contributed by atoms with E-state index < -0.39 is 0 Å². The SMILES string of the molecule is Cc1nn(C)cc1Nc1ccc(C#N)c(N)c1. The zero-order valence-corrected chi connectivity index (χ0v) is 9.73. The van der Waals surface area contributed by atoms with Crippen LogP contribution in [0.3, 0.4) is 0 Å². The number of nitriles is 1. The first-order valence-electron chi connectivity index (χ1n) is 5.17. The third-order valence-corrected chi connectivity index (χ3v) is 2.46. The van der Waals surface area contributed by atoms with E-state index in [9.17, 15) is 0 Å². The molecule has 2 rings (SSSR count). The van der Waals surface area contributed by atoms with E-state index >= 15 is 0 Å². The minimum Gasteiger partial charge on any atom is -0.398 e. The maximum absolute atomic E-state index is 8.78. The van der Waals surface area contributed by atoms with Crippen LogP contribution in [0.1, 0.15) is 11.3 Å². The molecule has 2 aromatic rings. The van der Waals surface area contributed by atoms with Crippen molar-refractivity contribution in [1.29, 1.82) is 5.26 Å². The van der Waals surface area contributed by atoms with Crippen molar-refractivity contribution in [3.8, 4) is 6.07 Å². The van der Waals surface area contributed by atoms with Crippen molar-refractivity contribution in [2.45, 2.75) is 6.92 Å². The predicted octanol–water partition coefficient (Wildman–Crippen LogP) is 1.93. The van der Waals surface area contributed by atoms with Crippen LogP contribution in [0, 0.1) is 18.3 Å². The smallest absolute Gasteiger partial charge is 0.101 e. The third-order valence-electron chi connectivity index (χ3n) is 2.46. The summed E-state index contributed by atoms with van der Waals surface area (Å²) in [7, 11) is 1.87. The number of benzene rings is 1. The first-order valence-corrected chi connectivity index (χ1v) is 5.17. The standard InChI is InChI=1S/C12H13N5/c1-8-12(7-17(2)16-8)15-10-4-3-9(6-13)11(14)5-10/h3-5,7,15H,14H2,1-2H3. The van der Waals surface area contributed by atoms with Gasteiger partial charge in [0.2, 0.25) is 0 Å². The quantitative estimate of drug-likeness (QED) is 0.768. The summed E-state index contributed by atoms with van der Waals surface area (Å²) >= 11 is 0. The van der Waals surface area contributed by atoms with Crippen LogP contribution in [0.5, 0.6) is 0 Å². The monoisotopic (exact) mass is 227 g/mol. The Morgan fingerprint density at radius 1 is 1.47 bits per heavy atom. The van der Waals surface area contributed by atoms with Crippen LogP contribution in [0.4, 0.5) is 17.1 Å². The van der Waals surface area contributed by atoms with Gasteiger partial charge < -0.3 is 11.1 Å². The molecule has 0 bridgehead atoms. The highest BCUT2D eigenvalue weighted by Crippen LogP contribution is 2.22. The number of nitrogens with one attached hydrogen (secondary N) is 1. The second-order valence-electron chi connectivity index (χ2n) is 3.84. The molecule has 0 unspecified atom stereocenters. The molecule has 0 fully saturated rings. The summed E-state index contributed by atoms with van der Waals surface area (Å²) in [5.41, 5.74) is 9.39. The summed E-state index contributed by atoms with van der Waals surface area (Å²) in [4.78, 5) is 0. The minimum absolute atomic E-state index is 0.471. The van der Waals surface area contributed by atoms with E-state index in [4.69, 9.17) is 11.0 Å². The average molecular weight is 227 g/mol. The molecular formula is C12H13N5. The molecule has 0 saturated carbocycles. The number of nitrogens with two attached hydrogens (primary N) is 1. The van der Waals surface area contributed by atoms with E-state index in [-0.39, 0.29) is 0 Å². The minimum atomic E-state index is 0.471. The lowest BCUT2D eigenvalue weighted by Crippen LogP contribution is -1.95. The zero-order valence-electron chi connectivity index (χ0n) is 9.73. The van der Waals surface area contributed by atoms with Gasteiger partial charge in [0, 0.05) is 18.9 Å². The molecular weight excluding hydrogens is 214 g/mol. The Hall–Kier alpha value is -2.48. The van der Waals surface area contributed by atoms with E-state index in [1.165, 1.54) is 0 Å². The van der Waals surface area contributed by atoms with Gasteiger partial charge >= 0.3 is 0 Å². The molecule has 0 radical (unpaired) electrons. The van der Waals surface area contributed by atoms with Gasteiger partial charge in [-0.2, -0.15) is 10.4 Å². The Bertz CT molecular complexity index is 591. The normalized spacial score (nSPS) is 9.94. The number of nitrogens with zero attached hydrogens (tertiary/aromatic N) is 3. The van der Waals surface area contributed by atoms with E-state index in [0.717, 1.165) is 17.1 Å². The van der Waals surface area contributed by atoms with Gasteiger partial charge in [-0.1, -0.05) is 0 Å². The highest BCUT2D eigenvalue weighted by molar-refractivity contribution is 5.68. The van der Waals surface area contributed by atoms with Crippen molar-refractivity contribution >= 4 is 17.1 Å². The fraction of sp³-hybridized carbons (Fsp3) is 0.167. The highest BCUT2D eigenvalue weighted by atomic mass is 15.3. The second kappa shape index (κ2) is 4.18. The van der Waals surface area contributed by atoms with Gasteiger partial charge in [0.15, 0.2) is 0 Å². The average Bonchev–Trinajstić information content (AvgIpc) is 2.58. The number of aromatic nitrogens is 2.